The van der Waals surface area contributed by atoms with Gasteiger partial charge in [0.2, 0.25) is 0 Å². The lowest BCUT2D eigenvalue weighted by atomic mass is 10.1. The van der Waals surface area contributed by atoms with E-state index in [-0.39, 0.29) is 6.42 Å². The van der Waals surface area contributed by atoms with Crippen LogP contribution in [0.4, 0.5) is 13.2 Å². The molecular weight excluding hydrogens is 291 g/mol. The van der Waals surface area contributed by atoms with Gasteiger partial charge in [-0.05, 0) is 31.7 Å². The molecule has 0 radical (unpaired) electrons. The number of nitrogens with zero attached hydrogens (tertiary/aromatic N) is 1. The second kappa shape index (κ2) is 10.1. The standard InChI is InChI=1S/C16H24F3N3/c1-2-20-15(21-12-7-6-11-16(17,18)19)22-13-10-14-8-4-3-5-9-14/h3-5,8-9H,2,6-7,10-13H2,1H3,(H2,20,21,22). The van der Waals surface area contributed by atoms with Crippen LogP contribution in [-0.4, -0.2) is 31.8 Å². The molecule has 6 heteroatoms. The highest BCUT2D eigenvalue weighted by Gasteiger charge is 2.25. The van der Waals surface area contributed by atoms with E-state index in [0.29, 0.717) is 18.9 Å². The molecular formula is C16H24F3N3. The lowest BCUT2D eigenvalue weighted by Crippen LogP contribution is -2.38. The summed E-state index contributed by atoms with van der Waals surface area (Å²) >= 11 is 0. The van der Waals surface area contributed by atoms with Crippen LogP contribution in [-0.2, 0) is 6.42 Å². The van der Waals surface area contributed by atoms with Gasteiger partial charge in [-0.3, -0.25) is 4.99 Å². The molecule has 3 nitrogen and oxygen atoms in total. The number of rotatable bonds is 8. The minimum atomic E-state index is -4.07. The van der Waals surface area contributed by atoms with Crippen molar-refractivity contribution in [1.29, 1.82) is 0 Å². The zero-order chi connectivity index (χ0) is 16.3. The fraction of sp³-hybridized carbons (Fsp3) is 0.562. The Morgan fingerprint density at radius 2 is 1.82 bits per heavy atom. The highest BCUT2D eigenvalue weighted by Crippen LogP contribution is 2.21. The van der Waals surface area contributed by atoms with Crippen molar-refractivity contribution >= 4 is 5.96 Å². The van der Waals surface area contributed by atoms with Crippen molar-refractivity contribution in [3.05, 3.63) is 35.9 Å². The van der Waals surface area contributed by atoms with Crippen LogP contribution in [0.25, 0.3) is 0 Å². The van der Waals surface area contributed by atoms with E-state index in [1.807, 2.05) is 25.1 Å². The van der Waals surface area contributed by atoms with Crippen LogP contribution in [0.3, 0.4) is 0 Å². The van der Waals surface area contributed by atoms with E-state index >= 15 is 0 Å². The van der Waals surface area contributed by atoms with E-state index in [1.165, 1.54) is 5.56 Å². The number of unbranched alkanes of at least 4 members (excludes halogenated alkanes) is 1. The molecule has 0 saturated carbocycles. The molecule has 0 amide bonds. The fourth-order valence-electron chi connectivity index (χ4n) is 1.94. The molecule has 1 aromatic rings. The van der Waals surface area contributed by atoms with Crippen LogP contribution in [0.15, 0.2) is 35.3 Å². The molecule has 0 atom stereocenters. The normalized spacial score (nSPS) is 12.3. The van der Waals surface area contributed by atoms with Gasteiger partial charge in [0.05, 0.1) is 0 Å². The summed E-state index contributed by atoms with van der Waals surface area (Å²) in [6, 6.07) is 10.1. The molecule has 2 N–H and O–H groups in total. The number of nitrogens with one attached hydrogen (secondary N) is 2. The molecule has 0 aliphatic carbocycles. The minimum Gasteiger partial charge on any atom is -0.357 e. The van der Waals surface area contributed by atoms with Crippen molar-refractivity contribution in [3.8, 4) is 0 Å². The zero-order valence-electron chi connectivity index (χ0n) is 12.9. The summed E-state index contributed by atoms with van der Waals surface area (Å²) in [6.45, 7) is 3.81. The minimum absolute atomic E-state index is 0.121. The van der Waals surface area contributed by atoms with Crippen LogP contribution in [0.5, 0.6) is 0 Å². The van der Waals surface area contributed by atoms with Gasteiger partial charge in [0.15, 0.2) is 5.96 Å². The maximum Gasteiger partial charge on any atom is 0.389 e. The first-order valence-corrected chi connectivity index (χ1v) is 7.64. The Morgan fingerprint density at radius 3 is 2.45 bits per heavy atom. The van der Waals surface area contributed by atoms with E-state index in [4.69, 9.17) is 0 Å². The first-order chi connectivity index (χ1) is 10.5. The lowest BCUT2D eigenvalue weighted by molar-refractivity contribution is -0.135. The summed E-state index contributed by atoms with van der Waals surface area (Å²) in [5, 5.41) is 6.29. The van der Waals surface area contributed by atoms with Crippen molar-refractivity contribution in [2.45, 2.75) is 38.8 Å². The average Bonchev–Trinajstić information content (AvgIpc) is 2.47. The number of hydrogen-bond donors (Lipinski definition) is 2. The van der Waals surface area contributed by atoms with E-state index in [9.17, 15) is 13.2 Å². The van der Waals surface area contributed by atoms with Crippen LogP contribution in [0.1, 0.15) is 31.7 Å². The molecule has 0 heterocycles. The third kappa shape index (κ3) is 9.26. The van der Waals surface area contributed by atoms with Gasteiger partial charge >= 0.3 is 6.18 Å². The molecule has 0 aliphatic rings. The van der Waals surface area contributed by atoms with Gasteiger partial charge in [-0.15, -0.1) is 0 Å². The van der Waals surface area contributed by atoms with Crippen molar-refractivity contribution in [2.75, 3.05) is 19.6 Å². The van der Waals surface area contributed by atoms with Gasteiger partial charge in [-0.2, -0.15) is 13.2 Å². The van der Waals surface area contributed by atoms with Crippen LogP contribution >= 0.6 is 0 Å². The third-order valence-corrected chi connectivity index (χ3v) is 3.03. The second-order valence-electron chi connectivity index (χ2n) is 5.00. The molecule has 0 unspecified atom stereocenters. The molecule has 22 heavy (non-hydrogen) atoms. The van der Waals surface area contributed by atoms with Crippen molar-refractivity contribution in [1.82, 2.24) is 10.6 Å². The topological polar surface area (TPSA) is 36.4 Å². The molecule has 0 spiro atoms. The predicted molar refractivity (Wildman–Crippen MR) is 84.0 cm³/mol. The second-order valence-corrected chi connectivity index (χ2v) is 5.00. The largest absolute Gasteiger partial charge is 0.389 e. The summed E-state index contributed by atoms with van der Waals surface area (Å²) in [5.41, 5.74) is 1.23. The Balaban J connectivity index is 2.26. The third-order valence-electron chi connectivity index (χ3n) is 3.03. The lowest BCUT2D eigenvalue weighted by Gasteiger charge is -2.11. The van der Waals surface area contributed by atoms with Crippen LogP contribution in [0.2, 0.25) is 0 Å². The van der Waals surface area contributed by atoms with E-state index in [2.05, 4.69) is 27.8 Å². The maximum atomic E-state index is 12.0. The number of alkyl halides is 3. The van der Waals surface area contributed by atoms with Gasteiger partial charge in [0.25, 0.3) is 0 Å². The predicted octanol–water partition coefficient (Wildman–Crippen LogP) is 3.52. The zero-order valence-corrected chi connectivity index (χ0v) is 12.9. The Hall–Kier alpha value is -1.72. The molecule has 1 rings (SSSR count). The smallest absolute Gasteiger partial charge is 0.357 e. The molecule has 1 aromatic carbocycles. The van der Waals surface area contributed by atoms with E-state index in [0.717, 1.165) is 19.5 Å². The molecule has 0 bridgehead atoms. The molecule has 0 fully saturated rings. The Bertz CT molecular complexity index is 430. The molecule has 0 aromatic heterocycles. The molecule has 0 saturated heterocycles. The summed E-state index contributed by atoms with van der Waals surface area (Å²) in [7, 11) is 0. The highest BCUT2D eigenvalue weighted by molar-refractivity contribution is 5.79. The SMILES string of the molecule is CCNC(=NCCCCC(F)(F)F)NCCc1ccccc1. The number of guanidine groups is 1. The van der Waals surface area contributed by atoms with Gasteiger partial charge in [0.1, 0.15) is 0 Å². The molecule has 124 valence electrons. The van der Waals surface area contributed by atoms with Crippen LogP contribution < -0.4 is 10.6 Å². The van der Waals surface area contributed by atoms with Crippen LogP contribution in [0, 0.1) is 0 Å². The first kappa shape index (κ1) is 18.3. The fourth-order valence-corrected chi connectivity index (χ4v) is 1.94. The summed E-state index contributed by atoms with van der Waals surface area (Å²) < 4.78 is 36.1. The Morgan fingerprint density at radius 1 is 1.09 bits per heavy atom. The number of aliphatic imine (C=N–C) groups is 1. The number of benzene rings is 1. The van der Waals surface area contributed by atoms with E-state index in [1.54, 1.807) is 0 Å². The highest BCUT2D eigenvalue weighted by atomic mass is 19.4. The Kier molecular flexibility index (Phi) is 8.40. The summed E-state index contributed by atoms with van der Waals surface area (Å²) in [4.78, 5) is 4.29. The summed E-state index contributed by atoms with van der Waals surface area (Å²) in [6.07, 6.45) is -3.37. The monoisotopic (exact) mass is 315 g/mol. The van der Waals surface area contributed by atoms with E-state index < -0.39 is 12.6 Å². The quantitative estimate of drug-likeness (QED) is 0.437. The Labute approximate surface area is 130 Å². The number of hydrogen-bond acceptors (Lipinski definition) is 1. The maximum absolute atomic E-state index is 12.0. The number of halogens is 3. The first-order valence-electron chi connectivity index (χ1n) is 7.64. The average molecular weight is 315 g/mol. The van der Waals surface area contributed by atoms with Gasteiger partial charge in [-0.1, -0.05) is 30.3 Å². The van der Waals surface area contributed by atoms with Crippen molar-refractivity contribution in [2.24, 2.45) is 4.99 Å². The van der Waals surface area contributed by atoms with Gasteiger partial charge in [-0.25, -0.2) is 0 Å². The van der Waals surface area contributed by atoms with Crippen molar-refractivity contribution in [3.63, 3.8) is 0 Å². The van der Waals surface area contributed by atoms with Crippen molar-refractivity contribution < 1.29 is 13.2 Å². The molecule has 0 aliphatic heterocycles. The van der Waals surface area contributed by atoms with Gasteiger partial charge in [0, 0.05) is 26.1 Å². The summed E-state index contributed by atoms with van der Waals surface area (Å²) in [5.74, 6) is 0.658. The van der Waals surface area contributed by atoms with Gasteiger partial charge < -0.3 is 10.6 Å².